The number of carbonyl (C=O) groups excluding carboxylic acids is 1. The van der Waals surface area contributed by atoms with Crippen molar-refractivity contribution in [2.24, 2.45) is 0 Å². The molecule has 3 rings (SSSR count). The van der Waals surface area contributed by atoms with E-state index >= 15 is 0 Å². The van der Waals surface area contributed by atoms with E-state index < -0.39 is 0 Å². The van der Waals surface area contributed by atoms with Crippen LogP contribution in [0, 0.1) is 0 Å². The van der Waals surface area contributed by atoms with E-state index in [0.717, 1.165) is 10.5 Å². The van der Waals surface area contributed by atoms with Crippen molar-refractivity contribution in [3.05, 3.63) is 47.9 Å². The van der Waals surface area contributed by atoms with Crippen LogP contribution >= 0.6 is 11.9 Å². The SMILES string of the molecule is O=C(Nc1ccon1)C1=Cc2ccccc2SN1. The molecule has 1 aromatic heterocycles. The molecule has 1 amide bonds. The van der Waals surface area contributed by atoms with Gasteiger partial charge in [0.15, 0.2) is 5.82 Å². The van der Waals surface area contributed by atoms with Crippen molar-refractivity contribution >= 4 is 29.7 Å². The summed E-state index contributed by atoms with van der Waals surface area (Å²) in [5, 5.41) is 6.26. The number of anilines is 1. The first kappa shape index (κ1) is 10.9. The van der Waals surface area contributed by atoms with Crippen molar-refractivity contribution < 1.29 is 9.32 Å². The lowest BCUT2D eigenvalue weighted by Gasteiger charge is -2.16. The third-order valence-electron chi connectivity index (χ3n) is 2.41. The van der Waals surface area contributed by atoms with Gasteiger partial charge in [0.2, 0.25) is 0 Å². The maximum absolute atomic E-state index is 11.9. The highest BCUT2D eigenvalue weighted by Crippen LogP contribution is 2.27. The average molecular weight is 259 g/mol. The molecule has 1 aromatic carbocycles. The van der Waals surface area contributed by atoms with Gasteiger partial charge in [-0.05, 0) is 29.7 Å². The minimum Gasteiger partial charge on any atom is -0.363 e. The first-order valence-electron chi connectivity index (χ1n) is 5.28. The second kappa shape index (κ2) is 4.58. The summed E-state index contributed by atoms with van der Waals surface area (Å²) >= 11 is 1.41. The van der Waals surface area contributed by atoms with Crippen LogP contribution in [0.2, 0.25) is 0 Å². The third-order valence-corrected chi connectivity index (χ3v) is 3.33. The molecule has 1 aliphatic rings. The van der Waals surface area contributed by atoms with Crippen LogP contribution in [0.25, 0.3) is 6.08 Å². The van der Waals surface area contributed by atoms with Crippen molar-refractivity contribution in [3.63, 3.8) is 0 Å². The normalized spacial score (nSPS) is 13.2. The lowest BCUT2D eigenvalue weighted by Crippen LogP contribution is -2.23. The zero-order chi connectivity index (χ0) is 12.4. The molecule has 90 valence electrons. The van der Waals surface area contributed by atoms with Gasteiger partial charge in [-0.2, -0.15) is 0 Å². The highest BCUT2D eigenvalue weighted by molar-refractivity contribution is 7.97. The Labute approximate surface area is 107 Å². The van der Waals surface area contributed by atoms with Crippen LogP contribution in [0.1, 0.15) is 5.56 Å². The summed E-state index contributed by atoms with van der Waals surface area (Å²) in [6.07, 6.45) is 3.21. The van der Waals surface area contributed by atoms with Crippen LogP contribution in [0.3, 0.4) is 0 Å². The molecule has 0 bridgehead atoms. The minimum absolute atomic E-state index is 0.245. The van der Waals surface area contributed by atoms with Crippen molar-refractivity contribution in [3.8, 4) is 0 Å². The molecule has 0 radical (unpaired) electrons. The van der Waals surface area contributed by atoms with Crippen molar-refractivity contribution in [1.29, 1.82) is 0 Å². The Kier molecular flexibility index (Phi) is 2.77. The van der Waals surface area contributed by atoms with Crippen molar-refractivity contribution in [2.45, 2.75) is 4.90 Å². The fourth-order valence-electron chi connectivity index (χ4n) is 1.56. The summed E-state index contributed by atoms with van der Waals surface area (Å²) in [7, 11) is 0. The monoisotopic (exact) mass is 259 g/mol. The molecule has 0 fully saturated rings. The first-order chi connectivity index (χ1) is 8.83. The van der Waals surface area contributed by atoms with Crippen molar-refractivity contribution in [1.82, 2.24) is 9.88 Å². The van der Waals surface area contributed by atoms with Gasteiger partial charge in [-0.1, -0.05) is 23.4 Å². The summed E-state index contributed by atoms with van der Waals surface area (Å²) in [5.74, 6) is 0.150. The van der Waals surface area contributed by atoms with Crippen LogP contribution < -0.4 is 10.0 Å². The predicted molar refractivity (Wildman–Crippen MR) is 68.5 cm³/mol. The second-order valence-electron chi connectivity index (χ2n) is 3.64. The lowest BCUT2D eigenvalue weighted by molar-refractivity contribution is -0.113. The molecular weight excluding hydrogens is 250 g/mol. The summed E-state index contributed by atoms with van der Waals surface area (Å²) < 4.78 is 7.64. The van der Waals surface area contributed by atoms with Crippen LogP contribution in [-0.4, -0.2) is 11.1 Å². The number of nitrogens with zero attached hydrogens (tertiary/aromatic N) is 1. The van der Waals surface area contributed by atoms with Crippen molar-refractivity contribution in [2.75, 3.05) is 5.32 Å². The lowest BCUT2D eigenvalue weighted by atomic mass is 10.2. The van der Waals surface area contributed by atoms with E-state index in [9.17, 15) is 4.79 Å². The molecule has 0 aliphatic carbocycles. The van der Waals surface area contributed by atoms with E-state index in [1.165, 1.54) is 18.2 Å². The van der Waals surface area contributed by atoms with Crippen LogP contribution in [0.5, 0.6) is 0 Å². The first-order valence-corrected chi connectivity index (χ1v) is 6.10. The molecule has 18 heavy (non-hydrogen) atoms. The summed E-state index contributed by atoms with van der Waals surface area (Å²) in [6.45, 7) is 0. The maximum atomic E-state index is 11.9. The molecule has 0 atom stereocenters. The highest BCUT2D eigenvalue weighted by atomic mass is 32.2. The molecule has 1 aliphatic heterocycles. The average Bonchev–Trinajstić information content (AvgIpc) is 2.91. The Hall–Kier alpha value is -2.21. The standard InChI is InChI=1S/C12H9N3O2S/c16-12(13-11-5-6-17-14-11)9-7-8-3-1-2-4-10(8)18-15-9/h1-7,15H,(H,13,14,16). The molecule has 5 nitrogen and oxygen atoms in total. The molecule has 6 heteroatoms. The number of amides is 1. The molecule has 0 saturated heterocycles. The second-order valence-corrected chi connectivity index (χ2v) is 4.49. The van der Waals surface area contributed by atoms with E-state index in [4.69, 9.17) is 0 Å². The summed E-state index contributed by atoms with van der Waals surface area (Å²) in [6, 6.07) is 9.45. The van der Waals surface area contributed by atoms with Crippen LogP contribution in [0.4, 0.5) is 5.82 Å². The Balaban J connectivity index is 1.82. The van der Waals surface area contributed by atoms with Gasteiger partial charge in [0.1, 0.15) is 12.0 Å². The number of fused-ring (bicyclic) bond motifs is 1. The smallest absolute Gasteiger partial charge is 0.273 e. The maximum Gasteiger partial charge on any atom is 0.273 e. The van der Waals surface area contributed by atoms with Gasteiger partial charge in [-0.3, -0.25) is 4.79 Å². The van der Waals surface area contributed by atoms with E-state index in [1.807, 2.05) is 24.3 Å². The van der Waals surface area contributed by atoms with Gasteiger partial charge < -0.3 is 14.6 Å². The minimum atomic E-state index is -0.245. The molecule has 2 N–H and O–H groups in total. The van der Waals surface area contributed by atoms with E-state index in [0.29, 0.717) is 11.5 Å². The number of aromatic nitrogens is 1. The molecule has 0 unspecified atom stereocenters. The number of rotatable bonds is 2. The molecule has 2 heterocycles. The van der Waals surface area contributed by atoms with Gasteiger partial charge in [-0.15, -0.1) is 0 Å². The van der Waals surface area contributed by atoms with Gasteiger partial charge in [0.05, 0.1) is 0 Å². The third kappa shape index (κ3) is 2.10. The zero-order valence-corrected chi connectivity index (χ0v) is 10.0. The predicted octanol–water partition coefficient (Wildman–Crippen LogP) is 2.26. The number of hydrogen-bond donors (Lipinski definition) is 2. The van der Waals surface area contributed by atoms with Gasteiger partial charge >= 0.3 is 0 Å². The molecular formula is C12H9N3O2S. The zero-order valence-electron chi connectivity index (χ0n) is 9.21. The number of benzene rings is 1. The fourth-order valence-corrected chi connectivity index (χ4v) is 2.32. The summed E-state index contributed by atoms with van der Waals surface area (Å²) in [4.78, 5) is 13.0. The Morgan fingerprint density at radius 2 is 2.22 bits per heavy atom. The molecule has 0 saturated carbocycles. The van der Waals surface area contributed by atoms with E-state index in [2.05, 4.69) is 19.7 Å². The number of carbonyl (C=O) groups is 1. The number of nitrogens with one attached hydrogen (secondary N) is 2. The van der Waals surface area contributed by atoms with Crippen LogP contribution in [0.15, 0.2) is 51.7 Å². The Morgan fingerprint density at radius 1 is 1.33 bits per heavy atom. The topological polar surface area (TPSA) is 67.2 Å². The summed E-state index contributed by atoms with van der Waals surface area (Å²) in [5.41, 5.74) is 1.51. The highest BCUT2D eigenvalue weighted by Gasteiger charge is 2.16. The van der Waals surface area contributed by atoms with E-state index in [-0.39, 0.29) is 5.91 Å². The van der Waals surface area contributed by atoms with Gasteiger partial charge in [0.25, 0.3) is 5.91 Å². The number of hydrogen-bond acceptors (Lipinski definition) is 5. The largest absolute Gasteiger partial charge is 0.363 e. The Bertz CT molecular complexity index is 608. The van der Waals surface area contributed by atoms with Crippen LogP contribution in [-0.2, 0) is 4.79 Å². The van der Waals surface area contributed by atoms with Gasteiger partial charge in [-0.25, -0.2) is 0 Å². The molecule has 0 spiro atoms. The Morgan fingerprint density at radius 3 is 3.06 bits per heavy atom. The fraction of sp³-hybridized carbons (Fsp3) is 0. The quantitative estimate of drug-likeness (QED) is 0.810. The molecule has 2 aromatic rings. The van der Waals surface area contributed by atoms with E-state index in [1.54, 1.807) is 12.1 Å². The van der Waals surface area contributed by atoms with Gasteiger partial charge in [0, 0.05) is 11.0 Å².